The molecule has 0 aliphatic carbocycles. The molecule has 0 saturated carbocycles. The van der Waals surface area contributed by atoms with E-state index in [9.17, 15) is 8.78 Å². The van der Waals surface area contributed by atoms with Crippen molar-refractivity contribution in [2.45, 2.75) is 13.5 Å². The van der Waals surface area contributed by atoms with Gasteiger partial charge in [-0.05, 0) is 42.7 Å². The Morgan fingerprint density at radius 1 is 1.25 bits per heavy atom. The van der Waals surface area contributed by atoms with Gasteiger partial charge in [0.05, 0.1) is 0 Å². The molecule has 3 nitrogen and oxygen atoms in total. The molecule has 0 radical (unpaired) electrons. The molecule has 0 N–H and O–H groups in total. The summed E-state index contributed by atoms with van der Waals surface area (Å²) in [6.45, 7) is -0.944. The average molecular weight is 242 g/mol. The Morgan fingerprint density at radius 2 is 1.94 bits per heavy atom. The normalized spacial score (nSPS) is 10.8. The molecule has 0 spiro atoms. The lowest BCUT2D eigenvalue weighted by Gasteiger charge is -2.03. The third-order valence-electron chi connectivity index (χ3n) is 1.87. The predicted octanol–water partition coefficient (Wildman–Crippen LogP) is 3.11. The van der Waals surface area contributed by atoms with Crippen LogP contribution in [-0.2, 0) is 0 Å². The third kappa shape index (κ3) is 2.52. The minimum atomic E-state index is -2.80. The van der Waals surface area contributed by atoms with Gasteiger partial charge in [0, 0.05) is 5.56 Å². The summed E-state index contributed by atoms with van der Waals surface area (Å²) in [4.78, 5) is 4.19. The van der Waals surface area contributed by atoms with Crippen LogP contribution in [0.4, 0.5) is 8.78 Å². The van der Waals surface area contributed by atoms with Gasteiger partial charge in [-0.1, -0.05) is 0 Å². The van der Waals surface area contributed by atoms with Gasteiger partial charge in [0.1, 0.15) is 10.8 Å². The molecule has 0 fully saturated rings. The molecule has 0 aliphatic heterocycles. The second-order valence-corrected chi connectivity index (χ2v) is 4.00. The summed E-state index contributed by atoms with van der Waals surface area (Å²) in [5.74, 6) is 0.733. The lowest BCUT2D eigenvalue weighted by Crippen LogP contribution is -2.01. The second-order valence-electron chi connectivity index (χ2n) is 3.04. The molecule has 16 heavy (non-hydrogen) atoms. The van der Waals surface area contributed by atoms with Gasteiger partial charge in [0.15, 0.2) is 5.82 Å². The van der Waals surface area contributed by atoms with E-state index in [-0.39, 0.29) is 5.75 Å². The number of aryl methyl sites for hydroxylation is 1. The van der Waals surface area contributed by atoms with E-state index in [0.717, 1.165) is 10.6 Å². The summed E-state index contributed by atoms with van der Waals surface area (Å²) in [5.41, 5.74) is 0.783. The first-order valence-corrected chi connectivity index (χ1v) is 5.28. The van der Waals surface area contributed by atoms with Crippen molar-refractivity contribution < 1.29 is 13.5 Å². The Morgan fingerprint density at radius 3 is 2.44 bits per heavy atom. The molecule has 0 atom stereocenters. The van der Waals surface area contributed by atoms with Gasteiger partial charge in [-0.3, -0.25) is 0 Å². The lowest BCUT2D eigenvalue weighted by atomic mass is 10.2. The van der Waals surface area contributed by atoms with E-state index in [1.54, 1.807) is 12.1 Å². The zero-order valence-corrected chi connectivity index (χ0v) is 9.17. The Labute approximate surface area is 94.9 Å². The lowest BCUT2D eigenvalue weighted by molar-refractivity contribution is -0.0498. The second kappa shape index (κ2) is 4.52. The molecule has 84 valence electrons. The van der Waals surface area contributed by atoms with Crippen molar-refractivity contribution in [1.29, 1.82) is 0 Å². The minimum absolute atomic E-state index is 0.130. The smallest absolute Gasteiger partial charge is 0.387 e. The maximum absolute atomic E-state index is 11.9. The molecule has 0 bridgehead atoms. The molecule has 1 aromatic carbocycles. The summed E-state index contributed by atoms with van der Waals surface area (Å²) >= 11 is 1.30. The number of halogens is 2. The molecule has 0 amide bonds. The highest BCUT2D eigenvalue weighted by atomic mass is 32.1. The van der Waals surface area contributed by atoms with Crippen LogP contribution in [0.25, 0.3) is 11.4 Å². The highest BCUT2D eigenvalue weighted by Crippen LogP contribution is 2.22. The van der Waals surface area contributed by atoms with E-state index in [2.05, 4.69) is 14.1 Å². The number of hydrogen-bond donors (Lipinski definition) is 0. The van der Waals surface area contributed by atoms with Crippen molar-refractivity contribution in [3.8, 4) is 17.1 Å². The van der Waals surface area contributed by atoms with E-state index in [0.29, 0.717) is 5.82 Å². The molecular weight excluding hydrogens is 234 g/mol. The number of benzene rings is 1. The Kier molecular flexibility index (Phi) is 3.09. The average Bonchev–Trinajstić information content (AvgIpc) is 2.65. The third-order valence-corrected chi connectivity index (χ3v) is 2.48. The summed E-state index contributed by atoms with van der Waals surface area (Å²) < 4.78 is 32.2. The fourth-order valence-corrected chi connectivity index (χ4v) is 1.69. The first kappa shape index (κ1) is 10.9. The summed E-state index contributed by atoms with van der Waals surface area (Å²) in [6, 6.07) is 6.24. The summed E-state index contributed by atoms with van der Waals surface area (Å²) in [6.07, 6.45) is 0. The molecule has 2 rings (SSSR count). The molecule has 0 saturated heterocycles. The molecular formula is C10H8F2N2OS. The van der Waals surface area contributed by atoms with Crippen molar-refractivity contribution >= 4 is 11.5 Å². The molecule has 6 heteroatoms. The van der Waals surface area contributed by atoms with Gasteiger partial charge >= 0.3 is 6.61 Å². The van der Waals surface area contributed by atoms with Gasteiger partial charge in [-0.2, -0.15) is 13.2 Å². The van der Waals surface area contributed by atoms with Gasteiger partial charge in [0.25, 0.3) is 0 Å². The summed E-state index contributed by atoms with van der Waals surface area (Å²) in [7, 11) is 0. The van der Waals surface area contributed by atoms with E-state index in [1.807, 2.05) is 6.92 Å². The van der Waals surface area contributed by atoms with Crippen LogP contribution < -0.4 is 4.74 Å². The van der Waals surface area contributed by atoms with Crippen LogP contribution in [-0.4, -0.2) is 16.0 Å². The first-order valence-electron chi connectivity index (χ1n) is 4.51. The number of nitrogens with zero attached hydrogens (tertiary/aromatic N) is 2. The van der Waals surface area contributed by atoms with Crippen LogP contribution in [0.1, 0.15) is 5.01 Å². The minimum Gasteiger partial charge on any atom is -0.435 e. The monoisotopic (exact) mass is 242 g/mol. The van der Waals surface area contributed by atoms with Gasteiger partial charge in [-0.15, -0.1) is 0 Å². The largest absolute Gasteiger partial charge is 0.435 e. The number of aromatic nitrogens is 2. The van der Waals surface area contributed by atoms with Crippen LogP contribution in [0.3, 0.4) is 0 Å². The number of ether oxygens (including phenoxy) is 1. The predicted molar refractivity (Wildman–Crippen MR) is 56.7 cm³/mol. The number of hydrogen-bond acceptors (Lipinski definition) is 4. The van der Waals surface area contributed by atoms with E-state index >= 15 is 0 Å². The van der Waals surface area contributed by atoms with Crippen LogP contribution >= 0.6 is 11.5 Å². The Bertz CT molecular complexity index is 470. The summed E-state index contributed by atoms with van der Waals surface area (Å²) in [5, 5.41) is 0.864. The highest BCUT2D eigenvalue weighted by Gasteiger charge is 2.06. The number of rotatable bonds is 3. The van der Waals surface area contributed by atoms with Crippen LogP contribution in [0.5, 0.6) is 5.75 Å². The van der Waals surface area contributed by atoms with E-state index < -0.39 is 6.61 Å². The van der Waals surface area contributed by atoms with E-state index in [1.165, 1.54) is 23.7 Å². The van der Waals surface area contributed by atoms with Crippen molar-refractivity contribution in [2.75, 3.05) is 0 Å². The van der Waals surface area contributed by atoms with Crippen molar-refractivity contribution in [1.82, 2.24) is 9.36 Å². The number of alkyl halides is 2. The molecule has 1 aromatic heterocycles. The van der Waals surface area contributed by atoms with E-state index in [4.69, 9.17) is 0 Å². The molecule has 2 aromatic rings. The van der Waals surface area contributed by atoms with Gasteiger partial charge in [-0.25, -0.2) is 4.98 Å². The Hall–Kier alpha value is -1.56. The highest BCUT2D eigenvalue weighted by molar-refractivity contribution is 7.05. The molecule has 0 unspecified atom stereocenters. The molecule has 1 heterocycles. The van der Waals surface area contributed by atoms with Crippen LogP contribution in [0.15, 0.2) is 24.3 Å². The van der Waals surface area contributed by atoms with Gasteiger partial charge in [0.2, 0.25) is 0 Å². The van der Waals surface area contributed by atoms with Gasteiger partial charge < -0.3 is 4.74 Å². The Balaban J connectivity index is 2.19. The standard InChI is InChI=1S/C10H8F2N2OS/c1-6-13-9(14-16-6)7-2-4-8(5-3-7)15-10(11)12/h2-5,10H,1H3. The topological polar surface area (TPSA) is 35.0 Å². The maximum Gasteiger partial charge on any atom is 0.387 e. The maximum atomic E-state index is 11.9. The first-order chi connectivity index (χ1) is 7.65. The van der Waals surface area contributed by atoms with Crippen molar-refractivity contribution in [2.24, 2.45) is 0 Å². The van der Waals surface area contributed by atoms with Crippen molar-refractivity contribution in [3.63, 3.8) is 0 Å². The van der Waals surface area contributed by atoms with Crippen LogP contribution in [0, 0.1) is 6.92 Å². The fourth-order valence-electron chi connectivity index (χ4n) is 1.20. The van der Waals surface area contributed by atoms with Crippen LogP contribution in [0.2, 0.25) is 0 Å². The SMILES string of the molecule is Cc1nc(-c2ccc(OC(F)F)cc2)ns1. The zero-order chi connectivity index (χ0) is 11.5. The quantitative estimate of drug-likeness (QED) is 0.829. The zero-order valence-electron chi connectivity index (χ0n) is 8.35. The fraction of sp³-hybridized carbons (Fsp3) is 0.200. The molecule has 0 aliphatic rings. The van der Waals surface area contributed by atoms with Crippen molar-refractivity contribution in [3.05, 3.63) is 29.3 Å².